The number of nitrogens with zero attached hydrogens (tertiary/aromatic N) is 6. The quantitative estimate of drug-likeness (QED) is 0.192. The number of rotatable bonds is 11. The van der Waals surface area contributed by atoms with Crippen LogP contribution in [0.4, 0.5) is 16.0 Å². The lowest BCUT2D eigenvalue weighted by atomic mass is 10.1. The number of likely N-dealkylation sites (N-methyl/N-ethyl adjacent to an activating group) is 1. The number of nitrogens with one attached hydrogen (secondary N) is 3. The molecule has 1 saturated heterocycles. The van der Waals surface area contributed by atoms with Gasteiger partial charge < -0.3 is 26.6 Å². The molecule has 2 aromatic carbocycles. The average Bonchev–Trinajstić information content (AvgIpc) is 3.08. The van der Waals surface area contributed by atoms with E-state index < -0.39 is 11.9 Å². The summed E-state index contributed by atoms with van der Waals surface area (Å²) >= 11 is 0. The van der Waals surface area contributed by atoms with Gasteiger partial charge in [-0.1, -0.05) is 36.4 Å². The third-order valence-electron chi connectivity index (χ3n) is 8.01. The molecule has 13 heteroatoms. The van der Waals surface area contributed by atoms with Crippen molar-refractivity contribution in [2.45, 2.75) is 19.5 Å². The Balaban J connectivity index is 1.21. The normalized spacial score (nSPS) is 14.2. The molecule has 12 nitrogen and oxygen atoms in total. The van der Waals surface area contributed by atoms with Crippen molar-refractivity contribution < 1.29 is 14.0 Å². The molecule has 0 bridgehead atoms. The Morgan fingerprint density at radius 1 is 1.02 bits per heavy atom. The number of amides is 2. The van der Waals surface area contributed by atoms with Crippen LogP contribution in [0.15, 0.2) is 67.0 Å². The van der Waals surface area contributed by atoms with E-state index in [1.165, 1.54) is 30.6 Å². The smallest absolute Gasteiger partial charge is 0.273 e. The molecule has 0 radical (unpaired) electrons. The van der Waals surface area contributed by atoms with Crippen LogP contribution in [-0.2, 0) is 6.54 Å². The number of carbonyl (C=O) groups is 2. The van der Waals surface area contributed by atoms with Gasteiger partial charge in [-0.05, 0) is 43.3 Å². The largest absolute Gasteiger partial charge is 0.382 e. The summed E-state index contributed by atoms with van der Waals surface area (Å²) in [5.41, 5.74) is 9.41. The Kier molecular flexibility index (Phi) is 10.7. The molecule has 1 unspecified atom stereocenters. The Labute approximate surface area is 272 Å². The van der Waals surface area contributed by atoms with Crippen molar-refractivity contribution in [3.63, 3.8) is 0 Å². The van der Waals surface area contributed by atoms with Crippen molar-refractivity contribution in [3.05, 3.63) is 101 Å². The van der Waals surface area contributed by atoms with Gasteiger partial charge in [-0.15, -0.1) is 0 Å². The van der Waals surface area contributed by atoms with E-state index in [0.29, 0.717) is 24.6 Å². The highest BCUT2D eigenvalue weighted by atomic mass is 19.1. The molecule has 1 aliphatic heterocycles. The molecule has 5 rings (SSSR count). The highest BCUT2D eigenvalue weighted by molar-refractivity contribution is 5.99. The number of hydrogen-bond donors (Lipinski definition) is 4. The van der Waals surface area contributed by atoms with Gasteiger partial charge in [0.1, 0.15) is 17.7 Å². The molecule has 0 aliphatic carbocycles. The zero-order valence-corrected chi connectivity index (χ0v) is 26.3. The van der Waals surface area contributed by atoms with Crippen LogP contribution >= 0.6 is 0 Å². The Morgan fingerprint density at radius 2 is 1.74 bits per heavy atom. The van der Waals surface area contributed by atoms with E-state index in [4.69, 9.17) is 5.73 Å². The standard InChI is InChI=1S/C34H37FN10O2/c1-22(25-7-9-27(35)10-8-25)42-33(46)28-17-24(18-36)20-41-32(28)40-19-23-3-5-26(6-4-23)29-21-39-31(37)30(43-29)34(47)38-11-12-45-15-13-44(2)14-16-45/h3-10,17,20-22H,11-16,19H2,1-2H3,(H2,37,39)(H,38,47)(H,40,41)(H,42,46). The minimum absolute atomic E-state index is 0.0634. The van der Waals surface area contributed by atoms with Crippen molar-refractivity contribution in [2.24, 2.45) is 0 Å². The van der Waals surface area contributed by atoms with Gasteiger partial charge in [0.2, 0.25) is 0 Å². The van der Waals surface area contributed by atoms with Crippen molar-refractivity contribution in [1.82, 2.24) is 35.4 Å². The first-order valence-electron chi connectivity index (χ1n) is 15.3. The molecule has 1 fully saturated rings. The van der Waals surface area contributed by atoms with Crippen LogP contribution in [0, 0.1) is 17.1 Å². The maximum Gasteiger partial charge on any atom is 0.273 e. The molecule has 0 saturated carbocycles. The van der Waals surface area contributed by atoms with Crippen LogP contribution < -0.4 is 21.7 Å². The second-order valence-electron chi connectivity index (χ2n) is 11.4. The van der Waals surface area contributed by atoms with Gasteiger partial charge in [0.15, 0.2) is 11.5 Å². The molecule has 242 valence electrons. The molecule has 0 spiro atoms. The van der Waals surface area contributed by atoms with Gasteiger partial charge in [0.05, 0.1) is 29.1 Å². The molecular formula is C34H37FN10O2. The number of halogens is 1. The van der Waals surface area contributed by atoms with E-state index in [-0.39, 0.29) is 34.4 Å². The number of nitriles is 1. The summed E-state index contributed by atoms with van der Waals surface area (Å²) in [6, 6.07) is 16.5. The molecule has 1 aliphatic rings. The van der Waals surface area contributed by atoms with Crippen LogP contribution in [0.1, 0.15) is 50.5 Å². The van der Waals surface area contributed by atoms with Crippen molar-refractivity contribution in [3.8, 4) is 17.3 Å². The summed E-state index contributed by atoms with van der Waals surface area (Å²) in [7, 11) is 2.10. The lowest BCUT2D eigenvalue weighted by molar-refractivity contribution is 0.0930. The van der Waals surface area contributed by atoms with Crippen LogP contribution in [0.25, 0.3) is 11.3 Å². The number of anilines is 2. The van der Waals surface area contributed by atoms with Crippen LogP contribution in [-0.4, -0.2) is 82.9 Å². The van der Waals surface area contributed by atoms with E-state index in [9.17, 15) is 19.2 Å². The fraction of sp³-hybridized carbons (Fsp3) is 0.294. The number of aromatic nitrogens is 3. The highest BCUT2D eigenvalue weighted by Gasteiger charge is 2.19. The maximum absolute atomic E-state index is 13.3. The fourth-order valence-electron chi connectivity index (χ4n) is 5.12. The van der Waals surface area contributed by atoms with Gasteiger partial charge in [0, 0.05) is 57.6 Å². The zero-order chi connectivity index (χ0) is 33.3. The molecular weight excluding hydrogens is 599 g/mol. The molecule has 2 amide bonds. The number of benzene rings is 2. The first-order chi connectivity index (χ1) is 22.7. The number of hydrogen-bond acceptors (Lipinski definition) is 10. The summed E-state index contributed by atoms with van der Waals surface area (Å²) in [6.07, 6.45) is 2.92. The molecule has 4 aromatic rings. The third-order valence-corrected chi connectivity index (χ3v) is 8.01. The van der Waals surface area contributed by atoms with Crippen molar-refractivity contribution >= 4 is 23.5 Å². The van der Waals surface area contributed by atoms with Gasteiger partial charge in [-0.25, -0.2) is 19.3 Å². The molecule has 2 aromatic heterocycles. The van der Waals surface area contributed by atoms with Gasteiger partial charge in [0.25, 0.3) is 11.8 Å². The number of piperazine rings is 1. The Hall–Kier alpha value is -5.45. The number of nitrogen functional groups attached to an aromatic ring is 1. The van der Waals surface area contributed by atoms with E-state index in [2.05, 4.69) is 47.7 Å². The summed E-state index contributed by atoms with van der Waals surface area (Å²) in [5, 5.41) is 18.4. The van der Waals surface area contributed by atoms with Crippen LogP contribution in [0.5, 0.6) is 0 Å². The minimum atomic E-state index is -0.426. The SMILES string of the molecule is CC(NC(=O)c1cc(C#N)cnc1NCc1ccc(-c2cnc(N)c(C(=O)NCCN3CCN(C)CC3)n2)cc1)c1ccc(F)cc1. The second-order valence-corrected chi connectivity index (χ2v) is 11.4. The molecule has 5 N–H and O–H groups in total. The second kappa shape index (κ2) is 15.2. The first-order valence-corrected chi connectivity index (χ1v) is 15.3. The molecule has 47 heavy (non-hydrogen) atoms. The fourth-order valence-corrected chi connectivity index (χ4v) is 5.12. The predicted octanol–water partition coefficient (Wildman–Crippen LogP) is 3.21. The lowest BCUT2D eigenvalue weighted by Crippen LogP contribution is -2.47. The highest BCUT2D eigenvalue weighted by Crippen LogP contribution is 2.22. The first kappa shape index (κ1) is 32.9. The number of carbonyl (C=O) groups excluding carboxylic acids is 2. The minimum Gasteiger partial charge on any atom is -0.382 e. The lowest BCUT2D eigenvalue weighted by Gasteiger charge is -2.32. The van der Waals surface area contributed by atoms with E-state index in [0.717, 1.165) is 49.4 Å². The monoisotopic (exact) mass is 636 g/mol. The average molecular weight is 637 g/mol. The van der Waals surface area contributed by atoms with E-state index in [1.807, 2.05) is 30.3 Å². The molecule has 3 heterocycles. The van der Waals surface area contributed by atoms with Crippen LogP contribution in [0.2, 0.25) is 0 Å². The zero-order valence-electron chi connectivity index (χ0n) is 26.3. The summed E-state index contributed by atoms with van der Waals surface area (Å²) in [6.45, 7) is 7.31. The summed E-state index contributed by atoms with van der Waals surface area (Å²) in [4.78, 5) is 43.7. The summed E-state index contributed by atoms with van der Waals surface area (Å²) < 4.78 is 13.3. The number of pyridine rings is 1. The van der Waals surface area contributed by atoms with Gasteiger partial charge in [-0.2, -0.15) is 5.26 Å². The van der Waals surface area contributed by atoms with E-state index >= 15 is 0 Å². The Bertz CT molecular complexity index is 1750. The van der Waals surface area contributed by atoms with Gasteiger partial charge in [-0.3, -0.25) is 14.5 Å². The van der Waals surface area contributed by atoms with Crippen LogP contribution in [0.3, 0.4) is 0 Å². The topological polar surface area (TPSA) is 165 Å². The maximum atomic E-state index is 13.3. The van der Waals surface area contributed by atoms with Gasteiger partial charge >= 0.3 is 0 Å². The van der Waals surface area contributed by atoms with E-state index in [1.54, 1.807) is 19.1 Å². The summed E-state index contributed by atoms with van der Waals surface area (Å²) in [5.74, 6) is -0.782. The molecule has 1 atom stereocenters. The Morgan fingerprint density at radius 3 is 2.45 bits per heavy atom. The van der Waals surface area contributed by atoms with Crippen molar-refractivity contribution in [2.75, 3.05) is 57.4 Å². The number of nitrogens with two attached hydrogens (primary N) is 1. The van der Waals surface area contributed by atoms with Crippen molar-refractivity contribution in [1.29, 1.82) is 5.26 Å². The predicted molar refractivity (Wildman–Crippen MR) is 177 cm³/mol. The third kappa shape index (κ3) is 8.63.